The molecule has 6 heteroatoms. The van der Waals surface area contributed by atoms with Gasteiger partial charge in [-0.05, 0) is 18.2 Å². The molecule has 0 N–H and O–H groups in total. The van der Waals surface area contributed by atoms with Gasteiger partial charge in [-0.3, -0.25) is 4.90 Å². The lowest BCUT2D eigenvalue weighted by atomic mass is 10.2. The van der Waals surface area contributed by atoms with Crippen LogP contribution in [0.25, 0.3) is 10.9 Å². The van der Waals surface area contributed by atoms with E-state index in [9.17, 15) is 0 Å². The monoisotopic (exact) mass is 326 g/mol. The largest absolute Gasteiger partial charge is 0.492 e. The van der Waals surface area contributed by atoms with Gasteiger partial charge in [0.05, 0.1) is 23.8 Å². The molecule has 1 aromatic heterocycles. The molecule has 1 aliphatic heterocycles. The highest BCUT2D eigenvalue weighted by Gasteiger charge is 2.10. The van der Waals surface area contributed by atoms with Gasteiger partial charge >= 0.3 is 0 Å². The van der Waals surface area contributed by atoms with Crippen molar-refractivity contribution in [2.45, 2.75) is 0 Å². The van der Waals surface area contributed by atoms with E-state index in [0.29, 0.717) is 22.3 Å². The van der Waals surface area contributed by atoms with Crippen molar-refractivity contribution in [3.05, 3.63) is 34.4 Å². The maximum absolute atomic E-state index is 6.23. The minimum Gasteiger partial charge on any atom is -0.492 e. The van der Waals surface area contributed by atoms with Crippen LogP contribution in [0.2, 0.25) is 10.2 Å². The molecule has 2 aromatic rings. The topological polar surface area (TPSA) is 34.6 Å². The molecule has 21 heavy (non-hydrogen) atoms. The van der Waals surface area contributed by atoms with Crippen LogP contribution in [0.4, 0.5) is 0 Å². The Morgan fingerprint density at radius 3 is 2.81 bits per heavy atom. The van der Waals surface area contributed by atoms with Crippen LogP contribution < -0.4 is 4.74 Å². The zero-order valence-corrected chi connectivity index (χ0v) is 13.0. The lowest BCUT2D eigenvalue weighted by Gasteiger charge is -2.26. The third-order valence-electron chi connectivity index (χ3n) is 3.47. The van der Waals surface area contributed by atoms with Crippen molar-refractivity contribution in [2.24, 2.45) is 0 Å². The molecule has 0 unspecified atom stereocenters. The summed E-state index contributed by atoms with van der Waals surface area (Å²) in [5, 5.41) is 1.91. The van der Waals surface area contributed by atoms with Gasteiger partial charge in [0.25, 0.3) is 0 Å². The number of hydrogen-bond acceptors (Lipinski definition) is 4. The minimum absolute atomic E-state index is 0.436. The molecular formula is C15H16Cl2N2O2. The molecule has 2 heterocycles. The first-order valence-electron chi connectivity index (χ1n) is 6.91. The van der Waals surface area contributed by atoms with Gasteiger partial charge in [-0.15, -0.1) is 0 Å². The van der Waals surface area contributed by atoms with Crippen LogP contribution in [0.5, 0.6) is 5.75 Å². The highest BCUT2D eigenvalue weighted by atomic mass is 35.5. The first-order chi connectivity index (χ1) is 10.2. The van der Waals surface area contributed by atoms with E-state index in [1.807, 2.05) is 12.1 Å². The Balaban J connectivity index is 1.65. The Bertz CT molecular complexity index is 630. The molecular weight excluding hydrogens is 311 g/mol. The summed E-state index contributed by atoms with van der Waals surface area (Å²) in [5.41, 5.74) is 0.699. The second-order valence-electron chi connectivity index (χ2n) is 4.91. The van der Waals surface area contributed by atoms with Crippen molar-refractivity contribution < 1.29 is 9.47 Å². The Labute approximate surface area is 133 Å². The van der Waals surface area contributed by atoms with Crippen LogP contribution >= 0.6 is 23.2 Å². The Morgan fingerprint density at radius 1 is 1.19 bits per heavy atom. The maximum Gasteiger partial charge on any atom is 0.129 e. The van der Waals surface area contributed by atoms with Crippen LogP contribution in [0.3, 0.4) is 0 Å². The van der Waals surface area contributed by atoms with E-state index in [-0.39, 0.29) is 0 Å². The number of pyridine rings is 1. The van der Waals surface area contributed by atoms with Crippen molar-refractivity contribution in [2.75, 3.05) is 39.5 Å². The van der Waals surface area contributed by atoms with Crippen molar-refractivity contribution in [1.82, 2.24) is 9.88 Å². The summed E-state index contributed by atoms with van der Waals surface area (Å²) in [4.78, 5) is 6.55. The van der Waals surface area contributed by atoms with E-state index >= 15 is 0 Å². The molecule has 0 radical (unpaired) electrons. The first kappa shape index (κ1) is 14.9. The fourth-order valence-electron chi connectivity index (χ4n) is 2.34. The Hall–Kier alpha value is -1.07. The molecule has 0 bridgehead atoms. The van der Waals surface area contributed by atoms with Crippen molar-refractivity contribution in [3.63, 3.8) is 0 Å². The molecule has 0 aliphatic carbocycles. The molecule has 1 aliphatic rings. The lowest BCUT2D eigenvalue weighted by Crippen LogP contribution is -2.38. The van der Waals surface area contributed by atoms with Gasteiger partial charge in [0, 0.05) is 31.1 Å². The van der Waals surface area contributed by atoms with E-state index in [0.717, 1.165) is 44.0 Å². The number of rotatable bonds is 4. The predicted molar refractivity (Wildman–Crippen MR) is 84.5 cm³/mol. The summed E-state index contributed by atoms with van der Waals surface area (Å²) >= 11 is 12.1. The van der Waals surface area contributed by atoms with Crippen LogP contribution in [-0.4, -0.2) is 49.3 Å². The second kappa shape index (κ2) is 6.79. The minimum atomic E-state index is 0.436. The van der Waals surface area contributed by atoms with E-state index in [1.165, 1.54) is 0 Å². The number of morpholine rings is 1. The van der Waals surface area contributed by atoms with E-state index < -0.39 is 0 Å². The smallest absolute Gasteiger partial charge is 0.129 e. The highest BCUT2D eigenvalue weighted by Crippen LogP contribution is 2.28. The normalized spacial score (nSPS) is 16.3. The van der Waals surface area contributed by atoms with Crippen LogP contribution in [0.1, 0.15) is 0 Å². The standard InChI is InChI=1S/C15H16Cl2N2O2/c16-13-10-12(9-11-1-2-14(17)18-15(11)13)21-8-5-19-3-6-20-7-4-19/h1-2,9-10H,3-8H2. The predicted octanol–water partition coefficient (Wildman–Crippen LogP) is 3.25. The highest BCUT2D eigenvalue weighted by molar-refractivity contribution is 6.36. The van der Waals surface area contributed by atoms with Crippen molar-refractivity contribution in [1.29, 1.82) is 0 Å². The fourth-order valence-corrected chi connectivity index (χ4v) is 2.75. The Kier molecular flexibility index (Phi) is 4.80. The second-order valence-corrected chi connectivity index (χ2v) is 5.71. The van der Waals surface area contributed by atoms with Crippen molar-refractivity contribution in [3.8, 4) is 5.75 Å². The summed E-state index contributed by atoms with van der Waals surface area (Å²) in [6.07, 6.45) is 0. The molecule has 0 spiro atoms. The van der Waals surface area contributed by atoms with E-state index in [4.69, 9.17) is 32.7 Å². The van der Waals surface area contributed by atoms with Gasteiger partial charge in [0.2, 0.25) is 0 Å². The molecule has 112 valence electrons. The number of nitrogens with zero attached hydrogens (tertiary/aromatic N) is 2. The average molecular weight is 327 g/mol. The summed E-state index contributed by atoms with van der Waals surface area (Å²) in [5.74, 6) is 0.755. The number of benzene rings is 1. The molecule has 1 saturated heterocycles. The van der Waals surface area contributed by atoms with Gasteiger partial charge in [-0.2, -0.15) is 0 Å². The number of hydrogen-bond donors (Lipinski definition) is 0. The number of ether oxygens (including phenoxy) is 2. The number of aromatic nitrogens is 1. The summed E-state index contributed by atoms with van der Waals surface area (Å²) < 4.78 is 11.1. The quantitative estimate of drug-likeness (QED) is 0.808. The molecule has 4 nitrogen and oxygen atoms in total. The number of fused-ring (bicyclic) bond motifs is 1. The molecule has 1 fully saturated rings. The first-order valence-corrected chi connectivity index (χ1v) is 7.67. The molecule has 1 aromatic carbocycles. The molecule has 0 amide bonds. The van der Waals surface area contributed by atoms with Crippen molar-refractivity contribution >= 4 is 34.1 Å². The lowest BCUT2D eigenvalue weighted by molar-refractivity contribution is 0.0322. The van der Waals surface area contributed by atoms with Gasteiger partial charge in [-0.25, -0.2) is 4.98 Å². The molecule has 0 atom stereocenters. The van der Waals surface area contributed by atoms with Gasteiger partial charge in [-0.1, -0.05) is 23.2 Å². The fraction of sp³-hybridized carbons (Fsp3) is 0.400. The Morgan fingerprint density at radius 2 is 2.00 bits per heavy atom. The summed E-state index contributed by atoms with van der Waals surface area (Å²) in [6.45, 7) is 5.04. The zero-order valence-electron chi connectivity index (χ0n) is 11.5. The van der Waals surface area contributed by atoms with Crippen LogP contribution in [0, 0.1) is 0 Å². The van der Waals surface area contributed by atoms with E-state index in [2.05, 4.69) is 9.88 Å². The van der Waals surface area contributed by atoms with Crippen LogP contribution in [0.15, 0.2) is 24.3 Å². The van der Waals surface area contributed by atoms with E-state index in [1.54, 1.807) is 12.1 Å². The summed E-state index contributed by atoms with van der Waals surface area (Å²) in [7, 11) is 0. The maximum atomic E-state index is 6.23. The third kappa shape index (κ3) is 3.77. The average Bonchev–Trinajstić information content (AvgIpc) is 2.49. The molecule has 3 rings (SSSR count). The number of halogens is 2. The van der Waals surface area contributed by atoms with Crippen LogP contribution in [-0.2, 0) is 4.74 Å². The van der Waals surface area contributed by atoms with Gasteiger partial charge < -0.3 is 9.47 Å². The zero-order chi connectivity index (χ0) is 14.7. The third-order valence-corrected chi connectivity index (χ3v) is 3.96. The summed E-state index contributed by atoms with van der Waals surface area (Å²) in [6, 6.07) is 7.36. The van der Waals surface area contributed by atoms with Gasteiger partial charge in [0.1, 0.15) is 17.5 Å². The molecule has 0 saturated carbocycles. The van der Waals surface area contributed by atoms with Gasteiger partial charge in [0.15, 0.2) is 0 Å². The SMILES string of the molecule is Clc1ccc2cc(OCCN3CCOCC3)cc(Cl)c2n1.